The summed E-state index contributed by atoms with van der Waals surface area (Å²) in [5, 5.41) is 10.7. The molecular formula is C11H14N2O3. The Morgan fingerprint density at radius 3 is 2.81 bits per heavy atom. The second kappa shape index (κ2) is 4.92. The highest BCUT2D eigenvalue weighted by molar-refractivity contribution is 5.38. The number of hydrogen-bond acceptors (Lipinski definition) is 4. The van der Waals surface area contributed by atoms with Gasteiger partial charge in [0.15, 0.2) is 0 Å². The number of hydrogen-bond donors (Lipinski definition) is 0. The monoisotopic (exact) mass is 222 g/mol. The molecule has 0 atom stereocenters. The summed E-state index contributed by atoms with van der Waals surface area (Å²) in [4.78, 5) is 13.9. The fourth-order valence-electron chi connectivity index (χ4n) is 1.97. The average Bonchev–Trinajstić information content (AvgIpc) is 2.31. The third-order valence-electron chi connectivity index (χ3n) is 2.77. The number of nitro groups is 1. The summed E-state index contributed by atoms with van der Waals surface area (Å²) in [5.74, 6) is 0.104. The van der Waals surface area contributed by atoms with Crippen LogP contribution in [0.5, 0.6) is 5.75 Å². The Kier molecular flexibility index (Phi) is 3.34. The SMILES string of the molecule is O=[N+]([O-])c1ncccc1OC1CCCCC1. The number of rotatable bonds is 3. The molecule has 0 spiro atoms. The highest BCUT2D eigenvalue weighted by Crippen LogP contribution is 2.28. The average molecular weight is 222 g/mol. The first kappa shape index (κ1) is 10.9. The van der Waals surface area contributed by atoms with Gasteiger partial charge in [-0.05, 0) is 47.7 Å². The van der Waals surface area contributed by atoms with E-state index in [1.807, 2.05) is 0 Å². The van der Waals surface area contributed by atoms with Gasteiger partial charge in [0.25, 0.3) is 0 Å². The summed E-state index contributed by atoms with van der Waals surface area (Å²) in [6.45, 7) is 0. The fourth-order valence-corrected chi connectivity index (χ4v) is 1.97. The molecule has 1 aliphatic carbocycles. The Balaban J connectivity index is 2.10. The lowest BCUT2D eigenvalue weighted by Gasteiger charge is -2.22. The van der Waals surface area contributed by atoms with Crippen molar-refractivity contribution in [1.29, 1.82) is 0 Å². The summed E-state index contributed by atoms with van der Waals surface area (Å²) in [6.07, 6.45) is 6.98. The maximum absolute atomic E-state index is 10.7. The maximum Gasteiger partial charge on any atom is 0.406 e. The first-order chi connectivity index (χ1) is 7.77. The van der Waals surface area contributed by atoms with Crippen molar-refractivity contribution in [2.24, 2.45) is 0 Å². The predicted molar refractivity (Wildman–Crippen MR) is 58.4 cm³/mol. The Morgan fingerprint density at radius 1 is 1.38 bits per heavy atom. The van der Waals surface area contributed by atoms with E-state index in [-0.39, 0.29) is 11.9 Å². The first-order valence-electron chi connectivity index (χ1n) is 5.53. The normalized spacial score (nSPS) is 17.0. The van der Waals surface area contributed by atoms with Gasteiger partial charge in [-0.2, -0.15) is 0 Å². The van der Waals surface area contributed by atoms with Gasteiger partial charge in [0, 0.05) is 0 Å². The Bertz CT molecular complexity index is 375. The molecule has 0 aromatic carbocycles. The molecule has 2 rings (SSSR count). The maximum atomic E-state index is 10.7. The lowest BCUT2D eigenvalue weighted by molar-refractivity contribution is -0.390. The van der Waals surface area contributed by atoms with Crippen molar-refractivity contribution in [2.45, 2.75) is 38.2 Å². The molecule has 0 unspecified atom stereocenters. The van der Waals surface area contributed by atoms with E-state index in [1.165, 1.54) is 12.6 Å². The number of ether oxygens (including phenoxy) is 1. The standard InChI is InChI=1S/C11H14N2O3/c14-13(15)11-10(7-4-8-12-11)16-9-5-2-1-3-6-9/h4,7-9H,1-3,5-6H2. The molecular weight excluding hydrogens is 208 g/mol. The molecule has 5 heteroatoms. The van der Waals surface area contributed by atoms with E-state index < -0.39 is 4.92 Å². The third kappa shape index (κ3) is 2.48. The second-order valence-electron chi connectivity index (χ2n) is 3.96. The van der Waals surface area contributed by atoms with Gasteiger partial charge < -0.3 is 14.9 Å². The number of pyridine rings is 1. The van der Waals surface area contributed by atoms with E-state index in [2.05, 4.69) is 4.98 Å². The van der Waals surface area contributed by atoms with E-state index >= 15 is 0 Å². The number of nitrogens with zero attached hydrogens (tertiary/aromatic N) is 2. The van der Waals surface area contributed by atoms with Crippen LogP contribution in [0.3, 0.4) is 0 Å². The Hall–Kier alpha value is -1.65. The molecule has 1 heterocycles. The van der Waals surface area contributed by atoms with Gasteiger partial charge in [0.05, 0.1) is 6.10 Å². The zero-order valence-corrected chi connectivity index (χ0v) is 8.96. The molecule has 1 aromatic heterocycles. The van der Waals surface area contributed by atoms with E-state index in [1.54, 1.807) is 12.1 Å². The van der Waals surface area contributed by atoms with Gasteiger partial charge in [0.2, 0.25) is 5.75 Å². The first-order valence-corrected chi connectivity index (χ1v) is 5.53. The zero-order chi connectivity index (χ0) is 11.4. The van der Waals surface area contributed by atoms with Crippen LogP contribution in [0.1, 0.15) is 32.1 Å². The van der Waals surface area contributed by atoms with Crippen LogP contribution in [0.25, 0.3) is 0 Å². The minimum Gasteiger partial charge on any atom is -0.482 e. The van der Waals surface area contributed by atoms with Crippen molar-refractivity contribution in [3.8, 4) is 5.75 Å². The molecule has 5 nitrogen and oxygen atoms in total. The zero-order valence-electron chi connectivity index (χ0n) is 8.96. The molecule has 1 saturated carbocycles. The van der Waals surface area contributed by atoms with Crippen LogP contribution >= 0.6 is 0 Å². The summed E-state index contributed by atoms with van der Waals surface area (Å²) in [5.41, 5.74) is 0. The molecule has 1 aromatic rings. The van der Waals surface area contributed by atoms with Gasteiger partial charge in [-0.1, -0.05) is 6.42 Å². The quantitative estimate of drug-likeness (QED) is 0.582. The van der Waals surface area contributed by atoms with Gasteiger partial charge >= 0.3 is 5.82 Å². The van der Waals surface area contributed by atoms with Crippen molar-refractivity contribution in [3.05, 3.63) is 28.4 Å². The van der Waals surface area contributed by atoms with E-state index in [9.17, 15) is 10.1 Å². The highest BCUT2D eigenvalue weighted by atomic mass is 16.6. The minimum absolute atomic E-state index is 0.108. The molecule has 1 fully saturated rings. The van der Waals surface area contributed by atoms with Gasteiger partial charge in [-0.3, -0.25) is 0 Å². The summed E-state index contributed by atoms with van der Waals surface area (Å²) >= 11 is 0. The van der Waals surface area contributed by atoms with Crippen LogP contribution in [0.2, 0.25) is 0 Å². The summed E-state index contributed by atoms with van der Waals surface area (Å²) < 4.78 is 5.64. The molecule has 86 valence electrons. The van der Waals surface area contributed by atoms with Crippen LogP contribution in [-0.2, 0) is 0 Å². The van der Waals surface area contributed by atoms with Crippen molar-refractivity contribution < 1.29 is 9.66 Å². The molecule has 0 radical (unpaired) electrons. The van der Waals surface area contributed by atoms with Crippen molar-refractivity contribution in [1.82, 2.24) is 4.98 Å². The van der Waals surface area contributed by atoms with E-state index in [0.717, 1.165) is 25.7 Å². The van der Waals surface area contributed by atoms with Crippen LogP contribution in [0.4, 0.5) is 5.82 Å². The van der Waals surface area contributed by atoms with Crippen LogP contribution in [-0.4, -0.2) is 16.0 Å². The Labute approximate surface area is 93.6 Å². The van der Waals surface area contributed by atoms with Gasteiger partial charge in [-0.25, -0.2) is 0 Å². The molecule has 0 saturated heterocycles. The van der Waals surface area contributed by atoms with Gasteiger partial charge in [-0.15, -0.1) is 0 Å². The van der Waals surface area contributed by atoms with E-state index in [4.69, 9.17) is 4.74 Å². The minimum atomic E-state index is -0.502. The van der Waals surface area contributed by atoms with Crippen LogP contribution in [0, 0.1) is 10.1 Å². The van der Waals surface area contributed by atoms with Crippen molar-refractivity contribution >= 4 is 5.82 Å². The molecule has 0 N–H and O–H groups in total. The Morgan fingerprint density at radius 2 is 2.12 bits per heavy atom. The summed E-state index contributed by atoms with van der Waals surface area (Å²) in [7, 11) is 0. The van der Waals surface area contributed by atoms with Crippen molar-refractivity contribution in [3.63, 3.8) is 0 Å². The lowest BCUT2D eigenvalue weighted by Crippen LogP contribution is -2.20. The van der Waals surface area contributed by atoms with E-state index in [0.29, 0.717) is 5.75 Å². The summed E-state index contributed by atoms with van der Waals surface area (Å²) in [6, 6.07) is 3.27. The van der Waals surface area contributed by atoms with Crippen LogP contribution in [0.15, 0.2) is 18.3 Å². The molecule has 1 aliphatic rings. The second-order valence-corrected chi connectivity index (χ2v) is 3.96. The molecule has 0 amide bonds. The van der Waals surface area contributed by atoms with Crippen LogP contribution < -0.4 is 4.74 Å². The van der Waals surface area contributed by atoms with Crippen molar-refractivity contribution in [2.75, 3.05) is 0 Å². The topological polar surface area (TPSA) is 65.3 Å². The van der Waals surface area contributed by atoms with Gasteiger partial charge in [0.1, 0.15) is 6.20 Å². The smallest absolute Gasteiger partial charge is 0.406 e. The predicted octanol–water partition coefficient (Wildman–Crippen LogP) is 2.70. The molecule has 0 aliphatic heterocycles. The largest absolute Gasteiger partial charge is 0.482 e. The molecule has 0 bridgehead atoms. The molecule has 16 heavy (non-hydrogen) atoms. The highest BCUT2D eigenvalue weighted by Gasteiger charge is 2.21. The number of aromatic nitrogens is 1. The fraction of sp³-hybridized carbons (Fsp3) is 0.545. The third-order valence-corrected chi connectivity index (χ3v) is 2.77. The lowest BCUT2D eigenvalue weighted by atomic mass is 9.98.